The summed E-state index contributed by atoms with van der Waals surface area (Å²) in [4.78, 5) is 6.15. The number of rotatable bonds is 9. The lowest BCUT2D eigenvalue weighted by Crippen LogP contribution is -2.37. The minimum absolute atomic E-state index is 0.112. The van der Waals surface area contributed by atoms with Gasteiger partial charge in [-0.2, -0.15) is 5.26 Å². The average Bonchev–Trinajstić information content (AvgIpc) is 2.92. The first kappa shape index (κ1) is 26.1. The van der Waals surface area contributed by atoms with Crippen molar-refractivity contribution in [2.75, 3.05) is 14.2 Å². The van der Waals surface area contributed by atoms with E-state index in [1.54, 1.807) is 20.2 Å². The molecule has 0 saturated carbocycles. The van der Waals surface area contributed by atoms with E-state index in [9.17, 15) is 5.26 Å². The maximum atomic E-state index is 9.31. The quantitative estimate of drug-likeness (QED) is 0.221. The van der Waals surface area contributed by atoms with Gasteiger partial charge in [0.05, 0.1) is 18.7 Å². The number of hydrogen-bond acceptors (Lipinski definition) is 5. The van der Waals surface area contributed by atoms with Crippen molar-refractivity contribution in [3.05, 3.63) is 82.9 Å². The summed E-state index contributed by atoms with van der Waals surface area (Å²) < 4.78 is 12.0. The Hall–Kier alpha value is -4.02. The molecule has 7 nitrogen and oxygen atoms in total. The van der Waals surface area contributed by atoms with Crippen molar-refractivity contribution in [3.63, 3.8) is 0 Å². The zero-order valence-electron chi connectivity index (χ0n) is 21.7. The number of ether oxygens (including phenoxy) is 2. The van der Waals surface area contributed by atoms with Crippen LogP contribution in [0.5, 0.6) is 11.5 Å². The Morgan fingerprint density at radius 2 is 1.95 bits per heavy atom. The zero-order valence-corrected chi connectivity index (χ0v) is 21.7. The van der Waals surface area contributed by atoms with Crippen LogP contribution in [-0.4, -0.2) is 31.3 Å². The number of unbranched alkanes of at least 4 members (excludes halogenated alkanes) is 1. The van der Waals surface area contributed by atoms with E-state index in [1.807, 2.05) is 42.5 Å². The summed E-state index contributed by atoms with van der Waals surface area (Å²) in [5.74, 6) is 1.45. The lowest BCUT2D eigenvalue weighted by molar-refractivity contribution is -0.150. The van der Waals surface area contributed by atoms with E-state index in [2.05, 4.69) is 25.1 Å². The van der Waals surface area contributed by atoms with Gasteiger partial charge in [0.2, 0.25) is 5.96 Å². The molecule has 0 fully saturated rings. The molecule has 3 N–H and O–H groups in total. The zero-order chi connectivity index (χ0) is 26.4. The third-order valence-electron chi connectivity index (χ3n) is 6.74. The van der Waals surface area contributed by atoms with Crippen LogP contribution in [0.1, 0.15) is 54.5 Å². The second-order valence-electron chi connectivity index (χ2n) is 9.34. The highest BCUT2D eigenvalue weighted by Crippen LogP contribution is 2.41. The van der Waals surface area contributed by atoms with Crippen LogP contribution in [-0.2, 0) is 17.7 Å². The Kier molecular flexibility index (Phi) is 8.32. The second kappa shape index (κ2) is 11.8. The van der Waals surface area contributed by atoms with Crippen LogP contribution in [0.3, 0.4) is 0 Å². The molecule has 2 atom stereocenters. The molecule has 0 radical (unpaired) electrons. The molecule has 0 bridgehead atoms. The molecule has 0 aliphatic carbocycles. The molecule has 1 aliphatic heterocycles. The monoisotopic (exact) mass is 498 g/mol. The van der Waals surface area contributed by atoms with Crippen LogP contribution in [0.4, 0.5) is 0 Å². The van der Waals surface area contributed by atoms with Crippen LogP contribution >= 0.6 is 0 Å². The van der Waals surface area contributed by atoms with Crippen LogP contribution < -0.4 is 15.2 Å². The third-order valence-corrected chi connectivity index (χ3v) is 6.74. The highest BCUT2D eigenvalue weighted by atomic mass is 16.7. The Bertz CT molecular complexity index is 1300. The van der Waals surface area contributed by atoms with Gasteiger partial charge in [-0.15, -0.1) is 0 Å². The number of nitrogens with two attached hydrogens (primary N) is 1. The number of fused-ring (bicyclic) bond motifs is 1. The first-order valence-electron chi connectivity index (χ1n) is 12.6. The molecule has 37 heavy (non-hydrogen) atoms. The molecule has 7 heteroatoms. The van der Waals surface area contributed by atoms with E-state index in [4.69, 9.17) is 25.5 Å². The van der Waals surface area contributed by atoms with Crippen molar-refractivity contribution in [1.29, 1.82) is 10.7 Å². The number of hydroxylamine groups is 2. The maximum absolute atomic E-state index is 9.31. The SMILES string of the molecule is CCCCc1cc(OC)ccc1C[C@@H]1C[C@H](ON(C)C(=N)N)c2cc(-c3cccc(C#N)c3)ccc2O1. The van der Waals surface area contributed by atoms with Gasteiger partial charge in [0.25, 0.3) is 0 Å². The summed E-state index contributed by atoms with van der Waals surface area (Å²) in [6.45, 7) is 2.19. The standard InChI is InChI=1S/C30H34N4O3/c1-4-5-8-22-15-25(35-3)12-10-23(22)16-26-18-29(37-34(2)30(32)33)27-17-24(11-13-28(27)36-26)21-9-6-7-20(14-21)19-31/h6-7,9-15,17,26,29H,4-5,8,16,18H2,1-3H3,(H3,32,33)/t26-,29+/m1/s1. The fraction of sp³-hybridized carbons (Fsp3) is 0.333. The van der Waals surface area contributed by atoms with Gasteiger partial charge in [0.1, 0.15) is 23.7 Å². The predicted octanol–water partition coefficient (Wildman–Crippen LogP) is 5.77. The minimum Gasteiger partial charge on any atom is -0.497 e. The summed E-state index contributed by atoms with van der Waals surface area (Å²) in [6, 6.07) is 22.0. The van der Waals surface area contributed by atoms with E-state index in [1.165, 1.54) is 16.2 Å². The molecule has 4 rings (SSSR count). The largest absolute Gasteiger partial charge is 0.497 e. The van der Waals surface area contributed by atoms with Crippen molar-refractivity contribution in [1.82, 2.24) is 5.06 Å². The van der Waals surface area contributed by atoms with Gasteiger partial charge in [0.15, 0.2) is 0 Å². The number of aryl methyl sites for hydroxylation is 1. The highest BCUT2D eigenvalue weighted by molar-refractivity contribution is 5.73. The molecule has 192 valence electrons. The smallest absolute Gasteiger partial charge is 0.212 e. The van der Waals surface area contributed by atoms with Gasteiger partial charge in [-0.3, -0.25) is 10.2 Å². The van der Waals surface area contributed by atoms with Crippen LogP contribution in [0, 0.1) is 16.7 Å². The van der Waals surface area contributed by atoms with Crippen molar-refractivity contribution in [2.24, 2.45) is 5.73 Å². The minimum atomic E-state index is -0.348. The van der Waals surface area contributed by atoms with Crippen molar-refractivity contribution >= 4 is 5.96 Å². The Balaban J connectivity index is 1.65. The van der Waals surface area contributed by atoms with Gasteiger partial charge in [-0.25, -0.2) is 5.06 Å². The van der Waals surface area contributed by atoms with E-state index >= 15 is 0 Å². The molecule has 3 aromatic rings. The maximum Gasteiger partial charge on any atom is 0.212 e. The molecule has 0 aromatic heterocycles. The van der Waals surface area contributed by atoms with Gasteiger partial charge in [-0.05, 0) is 71.5 Å². The fourth-order valence-corrected chi connectivity index (χ4v) is 4.69. The van der Waals surface area contributed by atoms with E-state index in [0.29, 0.717) is 12.0 Å². The topological polar surface area (TPSA) is 105 Å². The summed E-state index contributed by atoms with van der Waals surface area (Å²) >= 11 is 0. The molecule has 1 heterocycles. The predicted molar refractivity (Wildman–Crippen MR) is 144 cm³/mol. The Morgan fingerprint density at radius 3 is 2.68 bits per heavy atom. The summed E-state index contributed by atoms with van der Waals surface area (Å²) in [5, 5.41) is 18.4. The van der Waals surface area contributed by atoms with E-state index in [-0.39, 0.29) is 18.2 Å². The normalized spacial score (nSPS) is 16.3. The number of benzene rings is 3. The van der Waals surface area contributed by atoms with E-state index in [0.717, 1.165) is 53.9 Å². The van der Waals surface area contributed by atoms with Crippen LogP contribution in [0.2, 0.25) is 0 Å². The molecule has 0 amide bonds. The summed E-state index contributed by atoms with van der Waals surface area (Å²) in [6.07, 6.45) is 4.10. The highest BCUT2D eigenvalue weighted by Gasteiger charge is 2.32. The molecular formula is C30H34N4O3. The molecule has 0 unspecified atom stereocenters. The number of hydrogen-bond donors (Lipinski definition) is 2. The van der Waals surface area contributed by atoms with Gasteiger partial charge >= 0.3 is 0 Å². The van der Waals surface area contributed by atoms with Gasteiger partial charge in [-0.1, -0.05) is 37.6 Å². The Labute approximate surface area is 218 Å². The van der Waals surface area contributed by atoms with Gasteiger partial charge < -0.3 is 15.2 Å². The van der Waals surface area contributed by atoms with Gasteiger partial charge in [0, 0.05) is 25.5 Å². The van der Waals surface area contributed by atoms with Crippen LogP contribution in [0.25, 0.3) is 11.1 Å². The average molecular weight is 499 g/mol. The third kappa shape index (κ3) is 6.22. The molecular weight excluding hydrogens is 464 g/mol. The number of nitriles is 1. The first-order valence-corrected chi connectivity index (χ1v) is 12.6. The lowest BCUT2D eigenvalue weighted by atomic mass is 9.90. The van der Waals surface area contributed by atoms with Crippen molar-refractivity contribution in [2.45, 2.75) is 51.2 Å². The molecule has 0 saturated heterocycles. The fourth-order valence-electron chi connectivity index (χ4n) is 4.69. The Morgan fingerprint density at radius 1 is 1.14 bits per heavy atom. The summed E-state index contributed by atoms with van der Waals surface area (Å²) in [5.41, 5.74) is 11.6. The first-order chi connectivity index (χ1) is 17.9. The lowest BCUT2D eigenvalue weighted by Gasteiger charge is -2.34. The number of nitrogens with one attached hydrogen (secondary N) is 1. The number of methoxy groups -OCH3 is 1. The van der Waals surface area contributed by atoms with Crippen LogP contribution in [0.15, 0.2) is 60.7 Å². The van der Waals surface area contributed by atoms with Crippen molar-refractivity contribution < 1.29 is 14.3 Å². The number of nitrogens with zero attached hydrogens (tertiary/aromatic N) is 2. The second-order valence-corrected chi connectivity index (χ2v) is 9.34. The molecule has 1 aliphatic rings. The summed E-state index contributed by atoms with van der Waals surface area (Å²) in [7, 11) is 3.33. The van der Waals surface area contributed by atoms with E-state index < -0.39 is 0 Å². The van der Waals surface area contributed by atoms with Crippen molar-refractivity contribution in [3.8, 4) is 28.7 Å². The number of guanidine groups is 1. The molecule has 0 spiro atoms. The molecule has 3 aromatic carbocycles.